The Morgan fingerprint density at radius 3 is 2.61 bits per heavy atom. The van der Waals surface area contributed by atoms with E-state index < -0.39 is 0 Å². The van der Waals surface area contributed by atoms with Crippen LogP contribution >= 0.6 is 23.1 Å². The number of hydrogen-bond donors (Lipinski definition) is 1. The first kappa shape index (κ1) is 20.7. The Kier molecular flexibility index (Phi) is 5.62. The summed E-state index contributed by atoms with van der Waals surface area (Å²) < 4.78 is 1.17. The molecule has 8 heteroatoms. The third kappa shape index (κ3) is 3.81. The second kappa shape index (κ2) is 8.41. The number of fused-ring (bicyclic) bond motifs is 3. The largest absolute Gasteiger partial charge is 0.335 e. The third-order valence-corrected chi connectivity index (χ3v) is 9.20. The number of amides is 1. The first-order valence-corrected chi connectivity index (χ1v) is 12.5. The summed E-state index contributed by atoms with van der Waals surface area (Å²) in [7, 11) is 0. The Labute approximate surface area is 190 Å². The number of thiophene rings is 1. The van der Waals surface area contributed by atoms with Crippen LogP contribution in [0.4, 0.5) is 0 Å². The van der Waals surface area contributed by atoms with Gasteiger partial charge in [0.2, 0.25) is 0 Å². The van der Waals surface area contributed by atoms with Crippen molar-refractivity contribution in [2.45, 2.75) is 30.1 Å². The van der Waals surface area contributed by atoms with E-state index in [9.17, 15) is 9.59 Å². The summed E-state index contributed by atoms with van der Waals surface area (Å²) in [6, 6.07) is 12.8. The summed E-state index contributed by atoms with van der Waals surface area (Å²) in [6.45, 7) is 7.00. The van der Waals surface area contributed by atoms with Gasteiger partial charge >= 0.3 is 0 Å². The maximum atomic E-state index is 13.3. The van der Waals surface area contributed by atoms with Gasteiger partial charge in [0.05, 0.1) is 15.1 Å². The van der Waals surface area contributed by atoms with Crippen LogP contribution in [0.5, 0.6) is 0 Å². The maximum Gasteiger partial charge on any atom is 0.270 e. The zero-order valence-electron chi connectivity index (χ0n) is 17.7. The molecule has 0 bridgehead atoms. The van der Waals surface area contributed by atoms with E-state index in [-0.39, 0.29) is 23.7 Å². The lowest BCUT2D eigenvalue weighted by Gasteiger charge is -2.38. The van der Waals surface area contributed by atoms with Gasteiger partial charge in [0.1, 0.15) is 5.71 Å². The number of thioether (sulfide) groups is 1. The molecule has 3 aliphatic rings. The molecular formula is C23H26N4O2S2. The number of hydrogen-bond acceptors (Lipinski definition) is 7. The summed E-state index contributed by atoms with van der Waals surface area (Å²) in [4.78, 5) is 30.3. The molecule has 1 aromatic carbocycles. The predicted octanol–water partition coefficient (Wildman–Crippen LogP) is 3.58. The topological polar surface area (TPSA) is 65.0 Å². The van der Waals surface area contributed by atoms with E-state index in [1.54, 1.807) is 30.0 Å². The highest BCUT2D eigenvalue weighted by molar-refractivity contribution is 8.01. The molecule has 4 heterocycles. The van der Waals surface area contributed by atoms with Crippen molar-refractivity contribution in [1.82, 2.24) is 15.2 Å². The van der Waals surface area contributed by atoms with Crippen molar-refractivity contribution in [2.24, 2.45) is 11.0 Å². The van der Waals surface area contributed by atoms with E-state index in [2.05, 4.69) is 46.6 Å². The van der Waals surface area contributed by atoms with Crippen molar-refractivity contribution in [3.63, 3.8) is 0 Å². The van der Waals surface area contributed by atoms with Crippen LogP contribution in [0.2, 0.25) is 0 Å². The molecule has 1 saturated heterocycles. The summed E-state index contributed by atoms with van der Waals surface area (Å²) in [6.07, 6.45) is 0. The summed E-state index contributed by atoms with van der Waals surface area (Å²) in [5, 5.41) is 4.48. The maximum absolute atomic E-state index is 13.3. The number of Topliss-reactive ketones (excluding diaryl/α,β-unsaturated/α-hetero) is 1. The highest BCUT2D eigenvalue weighted by Gasteiger charge is 2.43. The molecular weight excluding hydrogens is 428 g/mol. The number of hydrazone groups is 1. The summed E-state index contributed by atoms with van der Waals surface area (Å²) >= 11 is 3.29. The smallest absolute Gasteiger partial charge is 0.270 e. The van der Waals surface area contributed by atoms with Crippen LogP contribution in [0.1, 0.15) is 46.7 Å². The van der Waals surface area contributed by atoms with E-state index in [0.717, 1.165) is 42.4 Å². The fraction of sp³-hybridized carbons (Fsp3) is 0.435. The van der Waals surface area contributed by atoms with Crippen LogP contribution in [0.15, 0.2) is 45.7 Å². The van der Waals surface area contributed by atoms with Gasteiger partial charge in [-0.1, -0.05) is 30.3 Å². The third-order valence-electron chi connectivity index (χ3n) is 6.53. The summed E-state index contributed by atoms with van der Waals surface area (Å²) in [5.41, 5.74) is 6.27. The number of carbonyl (C=O) groups excluding carboxylic acids is 2. The van der Waals surface area contributed by atoms with Crippen LogP contribution in [0, 0.1) is 5.92 Å². The zero-order valence-corrected chi connectivity index (χ0v) is 19.3. The molecule has 1 fully saturated rings. The number of nitrogens with zero attached hydrogens (tertiary/aromatic N) is 3. The second-order valence-electron chi connectivity index (χ2n) is 8.35. The van der Waals surface area contributed by atoms with Crippen molar-refractivity contribution in [3.05, 3.63) is 52.4 Å². The van der Waals surface area contributed by atoms with Gasteiger partial charge in [-0.15, -0.1) is 23.1 Å². The molecule has 0 aliphatic carbocycles. The minimum Gasteiger partial charge on any atom is -0.335 e. The van der Waals surface area contributed by atoms with E-state index in [1.165, 1.54) is 9.77 Å². The van der Waals surface area contributed by atoms with E-state index in [0.29, 0.717) is 11.8 Å². The highest BCUT2D eigenvalue weighted by Crippen LogP contribution is 2.46. The monoisotopic (exact) mass is 454 g/mol. The van der Waals surface area contributed by atoms with E-state index >= 15 is 0 Å². The Morgan fingerprint density at radius 2 is 1.90 bits per heavy atom. The van der Waals surface area contributed by atoms with Crippen molar-refractivity contribution >= 4 is 40.5 Å². The van der Waals surface area contributed by atoms with Crippen molar-refractivity contribution in [3.8, 4) is 0 Å². The zero-order chi connectivity index (χ0) is 21.5. The molecule has 3 aliphatic heterocycles. The molecule has 3 atom stereocenters. The van der Waals surface area contributed by atoms with Gasteiger partial charge in [0.15, 0.2) is 5.78 Å². The Bertz CT molecular complexity index is 1030. The summed E-state index contributed by atoms with van der Waals surface area (Å²) in [5.74, 6) is 1.02. The van der Waals surface area contributed by atoms with Gasteiger partial charge in [0.25, 0.3) is 5.91 Å². The van der Waals surface area contributed by atoms with Crippen LogP contribution in [-0.2, 0) is 4.79 Å². The molecule has 2 aromatic rings. The van der Waals surface area contributed by atoms with E-state index in [4.69, 9.17) is 0 Å². The fourth-order valence-corrected chi connectivity index (χ4v) is 7.19. The Morgan fingerprint density at radius 1 is 1.16 bits per heavy atom. The average molecular weight is 455 g/mol. The normalized spacial score (nSPS) is 24.1. The molecule has 1 aromatic heterocycles. The van der Waals surface area contributed by atoms with Crippen LogP contribution in [0.25, 0.3) is 0 Å². The fourth-order valence-electron chi connectivity index (χ4n) is 4.61. The molecule has 1 N–H and O–H groups in total. The lowest BCUT2D eigenvalue weighted by molar-refractivity contribution is -0.126. The highest BCUT2D eigenvalue weighted by atomic mass is 32.2. The molecule has 1 amide bonds. The Balaban J connectivity index is 1.23. The van der Waals surface area contributed by atoms with Crippen molar-refractivity contribution in [1.29, 1.82) is 0 Å². The first-order valence-electron chi connectivity index (χ1n) is 10.7. The molecule has 5 rings (SSSR count). The van der Waals surface area contributed by atoms with Gasteiger partial charge in [-0.05, 0) is 25.5 Å². The SMILES string of the molecule is CC(=O)c1cc2c(s1)SCC1C(C(=O)N3CCN(C(C)c4ccccc4)CC3)=NNC21. The minimum atomic E-state index is -0.000980. The molecule has 31 heavy (non-hydrogen) atoms. The number of benzene rings is 1. The lowest BCUT2D eigenvalue weighted by Crippen LogP contribution is -2.52. The number of nitrogens with one attached hydrogen (secondary N) is 1. The van der Waals surface area contributed by atoms with Crippen molar-refractivity contribution in [2.75, 3.05) is 31.9 Å². The van der Waals surface area contributed by atoms with Crippen LogP contribution < -0.4 is 5.43 Å². The molecule has 0 radical (unpaired) electrons. The molecule has 3 unspecified atom stereocenters. The predicted molar refractivity (Wildman–Crippen MR) is 125 cm³/mol. The van der Waals surface area contributed by atoms with Gasteiger partial charge in [-0.3, -0.25) is 14.5 Å². The average Bonchev–Trinajstić information content (AvgIpc) is 3.43. The van der Waals surface area contributed by atoms with Crippen LogP contribution in [-0.4, -0.2) is 59.1 Å². The van der Waals surface area contributed by atoms with Crippen LogP contribution in [0.3, 0.4) is 0 Å². The molecule has 162 valence electrons. The first-order chi connectivity index (χ1) is 15.0. The number of carbonyl (C=O) groups is 2. The number of piperazine rings is 1. The molecule has 0 saturated carbocycles. The number of rotatable bonds is 4. The van der Waals surface area contributed by atoms with Gasteiger partial charge in [-0.2, -0.15) is 5.10 Å². The standard InChI is InChI=1S/C23H26N4O2S2/c1-14(16-6-4-3-5-7-16)26-8-10-27(11-9-26)22(29)21-18-13-30-23-17(20(18)24-25-21)12-19(31-23)15(2)28/h3-7,12,14,18,20,24H,8-11,13H2,1-2H3. The van der Waals surface area contributed by atoms with Gasteiger partial charge < -0.3 is 10.3 Å². The van der Waals surface area contributed by atoms with Gasteiger partial charge in [0, 0.05) is 49.5 Å². The minimum absolute atomic E-state index is 0.000980. The van der Waals surface area contributed by atoms with Crippen molar-refractivity contribution < 1.29 is 9.59 Å². The second-order valence-corrected chi connectivity index (χ2v) is 10.7. The molecule has 6 nitrogen and oxygen atoms in total. The lowest BCUT2D eigenvalue weighted by atomic mass is 9.92. The quantitative estimate of drug-likeness (QED) is 0.716. The Hall–Kier alpha value is -2.16. The number of ketones is 1. The van der Waals surface area contributed by atoms with Gasteiger partial charge in [-0.25, -0.2) is 0 Å². The molecule has 0 spiro atoms. The van der Waals surface area contributed by atoms with E-state index in [1.807, 2.05) is 17.0 Å².